The van der Waals surface area contributed by atoms with Crippen LogP contribution < -0.4 is 5.73 Å². The number of imide groups is 1. The molecule has 1 heterocycles. The van der Waals surface area contributed by atoms with Crippen molar-refractivity contribution < 1.29 is 18.0 Å². The van der Waals surface area contributed by atoms with Gasteiger partial charge >= 0.3 is 0 Å². The molecule has 2 amide bonds. The van der Waals surface area contributed by atoms with Crippen molar-refractivity contribution >= 4 is 27.5 Å². The molecule has 0 aromatic heterocycles. The van der Waals surface area contributed by atoms with Gasteiger partial charge in [0.25, 0.3) is 21.8 Å². The maximum Gasteiger partial charge on any atom is 0.275 e. The fourth-order valence-corrected chi connectivity index (χ4v) is 3.45. The van der Waals surface area contributed by atoms with E-state index in [1.54, 1.807) is 12.1 Å². The number of carbonyl (C=O) groups excluding carboxylic acids is 2. The van der Waals surface area contributed by atoms with Gasteiger partial charge in [-0.05, 0) is 36.4 Å². The lowest BCUT2D eigenvalue weighted by atomic mass is 10.1. The Morgan fingerprint density at radius 3 is 1.76 bits per heavy atom. The van der Waals surface area contributed by atoms with Gasteiger partial charge in [-0.25, -0.2) is 8.42 Å². The maximum absolute atomic E-state index is 12.5. The third-order valence-corrected chi connectivity index (χ3v) is 4.86. The van der Waals surface area contributed by atoms with Crippen LogP contribution in [-0.2, 0) is 10.0 Å². The second kappa shape index (κ2) is 4.42. The first-order valence-corrected chi connectivity index (χ1v) is 7.45. The van der Waals surface area contributed by atoms with Crippen LogP contribution in [0.5, 0.6) is 0 Å². The number of hydrogen-bond acceptors (Lipinski definition) is 5. The zero-order valence-corrected chi connectivity index (χ0v) is 11.5. The lowest BCUT2D eigenvalue weighted by Gasteiger charge is -2.14. The van der Waals surface area contributed by atoms with Crippen molar-refractivity contribution in [3.05, 3.63) is 59.7 Å². The number of nitrogen functional groups attached to an aromatic ring is 1. The van der Waals surface area contributed by atoms with E-state index in [0.29, 0.717) is 9.99 Å². The summed E-state index contributed by atoms with van der Waals surface area (Å²) in [6.07, 6.45) is 0. The highest BCUT2D eigenvalue weighted by Gasteiger charge is 2.43. The van der Waals surface area contributed by atoms with E-state index in [1.165, 1.54) is 36.4 Å². The molecule has 0 radical (unpaired) electrons. The van der Waals surface area contributed by atoms with Crippen molar-refractivity contribution in [2.45, 2.75) is 4.90 Å². The Balaban J connectivity index is 2.12. The van der Waals surface area contributed by atoms with E-state index >= 15 is 0 Å². The molecule has 0 aliphatic carbocycles. The molecule has 0 spiro atoms. The Kier molecular flexibility index (Phi) is 2.80. The van der Waals surface area contributed by atoms with Crippen LogP contribution in [0.15, 0.2) is 53.4 Å². The van der Waals surface area contributed by atoms with Crippen molar-refractivity contribution in [1.29, 1.82) is 0 Å². The van der Waals surface area contributed by atoms with Crippen LogP contribution in [0, 0.1) is 0 Å². The number of fused-ring (bicyclic) bond motifs is 1. The largest absolute Gasteiger partial charge is 0.399 e. The molecule has 3 rings (SSSR count). The maximum atomic E-state index is 12.5. The molecule has 7 heteroatoms. The molecule has 2 N–H and O–H groups in total. The van der Waals surface area contributed by atoms with Crippen LogP contribution >= 0.6 is 0 Å². The van der Waals surface area contributed by atoms with Gasteiger partial charge in [-0.1, -0.05) is 12.1 Å². The molecule has 0 fully saturated rings. The molecule has 6 nitrogen and oxygen atoms in total. The number of benzene rings is 2. The van der Waals surface area contributed by atoms with Gasteiger partial charge in [0.15, 0.2) is 0 Å². The van der Waals surface area contributed by atoms with Gasteiger partial charge in [0.2, 0.25) is 0 Å². The summed E-state index contributed by atoms with van der Waals surface area (Å²) >= 11 is 0. The van der Waals surface area contributed by atoms with E-state index in [4.69, 9.17) is 5.73 Å². The van der Waals surface area contributed by atoms with Crippen molar-refractivity contribution in [2.24, 2.45) is 0 Å². The summed E-state index contributed by atoms with van der Waals surface area (Å²) in [6, 6.07) is 11.3. The minimum Gasteiger partial charge on any atom is -0.399 e. The minimum absolute atomic E-state index is 0.0847. The lowest BCUT2D eigenvalue weighted by Crippen LogP contribution is -2.36. The highest BCUT2D eigenvalue weighted by molar-refractivity contribution is 7.90. The van der Waals surface area contributed by atoms with Crippen LogP contribution in [0.25, 0.3) is 0 Å². The summed E-state index contributed by atoms with van der Waals surface area (Å²) < 4.78 is 25.3. The van der Waals surface area contributed by atoms with E-state index in [0.717, 1.165) is 0 Å². The Morgan fingerprint density at radius 2 is 1.29 bits per heavy atom. The van der Waals surface area contributed by atoms with Crippen LogP contribution in [0.1, 0.15) is 20.7 Å². The first kappa shape index (κ1) is 13.3. The number of nitrogens with zero attached hydrogens (tertiary/aromatic N) is 1. The Hall–Kier alpha value is -2.67. The number of sulfonamides is 1. The van der Waals surface area contributed by atoms with Crippen LogP contribution in [0.4, 0.5) is 5.69 Å². The zero-order chi connectivity index (χ0) is 15.2. The number of nitrogens with two attached hydrogens (primary N) is 1. The molecular formula is C14H10N2O4S. The van der Waals surface area contributed by atoms with Gasteiger partial charge in [-0.3, -0.25) is 9.59 Å². The molecule has 1 aliphatic heterocycles. The zero-order valence-electron chi connectivity index (χ0n) is 10.7. The Labute approximate surface area is 120 Å². The summed E-state index contributed by atoms with van der Waals surface area (Å²) in [7, 11) is -4.24. The average molecular weight is 302 g/mol. The van der Waals surface area contributed by atoms with Gasteiger partial charge in [0.1, 0.15) is 0 Å². The average Bonchev–Trinajstić information content (AvgIpc) is 2.72. The van der Waals surface area contributed by atoms with E-state index in [2.05, 4.69) is 0 Å². The van der Waals surface area contributed by atoms with Crippen LogP contribution in [-0.4, -0.2) is 24.5 Å². The first-order valence-electron chi connectivity index (χ1n) is 6.01. The van der Waals surface area contributed by atoms with Gasteiger partial charge in [-0.15, -0.1) is 0 Å². The van der Waals surface area contributed by atoms with E-state index < -0.39 is 21.8 Å². The van der Waals surface area contributed by atoms with E-state index in [9.17, 15) is 18.0 Å². The normalized spacial score (nSPS) is 14.4. The summed E-state index contributed by atoms with van der Waals surface area (Å²) in [5.41, 5.74) is 6.06. The Bertz CT molecular complexity index is 822. The van der Waals surface area contributed by atoms with Gasteiger partial charge < -0.3 is 5.73 Å². The second-order valence-corrected chi connectivity index (χ2v) is 6.28. The number of anilines is 1. The summed E-state index contributed by atoms with van der Waals surface area (Å²) in [5.74, 6) is -1.68. The molecular weight excluding hydrogens is 292 g/mol. The smallest absolute Gasteiger partial charge is 0.275 e. The van der Waals surface area contributed by atoms with Crippen molar-refractivity contribution in [3.8, 4) is 0 Å². The first-order chi connectivity index (χ1) is 9.93. The molecule has 0 bridgehead atoms. The standard InChI is InChI=1S/C14H10N2O4S/c15-9-5-7-10(8-6-9)21(19,20)16-13(17)11-3-1-2-4-12(11)14(16)18/h1-8H,15H2. The van der Waals surface area contributed by atoms with Crippen molar-refractivity contribution in [2.75, 3.05) is 5.73 Å². The predicted molar refractivity (Wildman–Crippen MR) is 75.0 cm³/mol. The molecule has 21 heavy (non-hydrogen) atoms. The fraction of sp³-hybridized carbons (Fsp3) is 0. The number of carbonyl (C=O) groups is 2. The Morgan fingerprint density at radius 1 is 0.810 bits per heavy atom. The summed E-state index contributed by atoms with van der Waals surface area (Å²) in [6.45, 7) is 0. The number of amides is 2. The third kappa shape index (κ3) is 1.90. The van der Waals surface area contributed by atoms with Crippen LogP contribution in [0.2, 0.25) is 0 Å². The molecule has 106 valence electrons. The minimum atomic E-state index is -4.24. The lowest BCUT2D eigenvalue weighted by molar-refractivity contribution is 0.0765. The van der Waals surface area contributed by atoms with E-state index in [-0.39, 0.29) is 16.0 Å². The summed E-state index contributed by atoms with van der Waals surface area (Å²) in [5, 5.41) is 0. The van der Waals surface area contributed by atoms with Crippen LogP contribution in [0.3, 0.4) is 0 Å². The highest BCUT2D eigenvalue weighted by atomic mass is 32.2. The quantitative estimate of drug-likeness (QED) is 0.665. The topological polar surface area (TPSA) is 97.5 Å². The van der Waals surface area contributed by atoms with Gasteiger partial charge in [-0.2, -0.15) is 4.31 Å². The molecule has 0 saturated heterocycles. The van der Waals surface area contributed by atoms with E-state index in [1.807, 2.05) is 0 Å². The molecule has 1 aliphatic rings. The second-order valence-electron chi connectivity index (χ2n) is 4.49. The molecule has 2 aromatic rings. The van der Waals surface area contributed by atoms with Gasteiger partial charge in [0, 0.05) is 5.69 Å². The van der Waals surface area contributed by atoms with Gasteiger partial charge in [0.05, 0.1) is 16.0 Å². The fourth-order valence-electron chi connectivity index (χ4n) is 2.13. The third-order valence-electron chi connectivity index (χ3n) is 3.18. The monoisotopic (exact) mass is 302 g/mol. The van der Waals surface area contributed by atoms with Crippen molar-refractivity contribution in [3.63, 3.8) is 0 Å². The summed E-state index contributed by atoms with van der Waals surface area (Å²) in [4.78, 5) is 24.2. The number of rotatable bonds is 2. The molecule has 0 saturated carbocycles. The highest BCUT2D eigenvalue weighted by Crippen LogP contribution is 2.28. The molecule has 2 aromatic carbocycles. The number of hydrogen-bond donors (Lipinski definition) is 1. The van der Waals surface area contributed by atoms with Crippen molar-refractivity contribution in [1.82, 2.24) is 4.31 Å². The molecule has 0 atom stereocenters. The predicted octanol–water partition coefficient (Wildman–Crippen LogP) is 1.25. The molecule has 0 unspecified atom stereocenters. The SMILES string of the molecule is Nc1ccc(S(=O)(=O)N2C(=O)c3ccccc3C2=O)cc1.